The van der Waals surface area contributed by atoms with Crippen molar-refractivity contribution < 1.29 is 40.5 Å². The molecule has 154 valence electrons. The lowest BCUT2D eigenvalue weighted by molar-refractivity contribution is -0.162. The van der Waals surface area contributed by atoms with E-state index in [4.69, 9.17) is 9.39 Å². The number of hydrogen-bond acceptors (Lipinski definition) is 7. The number of carbonyl (C=O) groups is 2. The van der Waals surface area contributed by atoms with Gasteiger partial charge in [-0.2, -0.15) is 13.5 Å². The highest BCUT2D eigenvalue weighted by atomic mass is 32.3. The molecule has 0 aromatic carbocycles. The minimum atomic E-state index is -5.18. The van der Waals surface area contributed by atoms with E-state index in [9.17, 15) is 26.8 Å². The molecule has 2 heterocycles. The van der Waals surface area contributed by atoms with Crippen LogP contribution in [0.3, 0.4) is 0 Å². The van der Waals surface area contributed by atoms with Crippen molar-refractivity contribution in [3.63, 3.8) is 0 Å². The molecule has 3 fully saturated rings. The summed E-state index contributed by atoms with van der Waals surface area (Å²) >= 11 is 0. The van der Waals surface area contributed by atoms with E-state index < -0.39 is 53.3 Å². The summed E-state index contributed by atoms with van der Waals surface area (Å²) in [6.45, 7) is -0.637. The van der Waals surface area contributed by atoms with Crippen molar-refractivity contribution in [1.82, 2.24) is 20.8 Å². The lowest BCUT2D eigenvalue weighted by Crippen LogP contribution is -2.57. The van der Waals surface area contributed by atoms with Gasteiger partial charge < -0.3 is 10.2 Å². The standard InChI is InChI=1S/C13H20F2N4O7S/c1-16-7-3-2-4-9(7)25-17-11(20)8-5-13(14,15)10-6-18(8)12(21)19(10)26-27(22,23)24/h7-10,16H,2-6H2,1H3,(H,17,20)(H,22,23,24). The molecule has 14 heteroatoms. The van der Waals surface area contributed by atoms with E-state index in [0.29, 0.717) is 6.42 Å². The van der Waals surface area contributed by atoms with Gasteiger partial charge in [-0.3, -0.25) is 14.2 Å². The maximum absolute atomic E-state index is 14.4. The van der Waals surface area contributed by atoms with E-state index >= 15 is 0 Å². The Kier molecular flexibility index (Phi) is 5.28. The Morgan fingerprint density at radius 2 is 2.07 bits per heavy atom. The van der Waals surface area contributed by atoms with Gasteiger partial charge in [0.05, 0.1) is 6.54 Å². The maximum atomic E-state index is 14.4. The number of rotatable bonds is 6. The number of hydrogen-bond donors (Lipinski definition) is 3. The predicted octanol–water partition coefficient (Wildman–Crippen LogP) is -0.577. The third-order valence-corrected chi connectivity index (χ3v) is 5.38. The van der Waals surface area contributed by atoms with Crippen LogP contribution in [-0.2, 0) is 24.3 Å². The van der Waals surface area contributed by atoms with Gasteiger partial charge in [-0.05, 0) is 26.3 Å². The zero-order chi connectivity index (χ0) is 20.0. The van der Waals surface area contributed by atoms with Gasteiger partial charge in [-0.25, -0.2) is 19.1 Å². The molecular weight excluding hydrogens is 394 g/mol. The number of urea groups is 1. The van der Waals surface area contributed by atoms with Crippen LogP contribution in [0.15, 0.2) is 0 Å². The zero-order valence-electron chi connectivity index (χ0n) is 14.3. The van der Waals surface area contributed by atoms with Crippen molar-refractivity contribution in [2.45, 2.75) is 55.8 Å². The second-order valence-electron chi connectivity index (χ2n) is 6.71. The smallest absolute Gasteiger partial charge is 0.314 e. The van der Waals surface area contributed by atoms with Gasteiger partial charge in [-0.15, -0.1) is 4.28 Å². The Hall–Kier alpha value is -1.61. The van der Waals surface area contributed by atoms with Crippen molar-refractivity contribution >= 4 is 22.3 Å². The summed E-state index contributed by atoms with van der Waals surface area (Å²) in [7, 11) is -3.45. The van der Waals surface area contributed by atoms with Crippen LogP contribution < -0.4 is 10.8 Å². The van der Waals surface area contributed by atoms with Gasteiger partial charge >= 0.3 is 16.4 Å². The molecule has 27 heavy (non-hydrogen) atoms. The van der Waals surface area contributed by atoms with E-state index in [-0.39, 0.29) is 17.2 Å². The molecule has 4 unspecified atom stereocenters. The first kappa shape index (κ1) is 20.1. The number of alkyl halides is 2. The summed E-state index contributed by atoms with van der Waals surface area (Å²) in [6.07, 6.45) is 1.02. The largest absolute Gasteiger partial charge is 0.418 e. The number of piperidine rings is 1. The minimum absolute atomic E-state index is 0.00884. The molecule has 11 nitrogen and oxygen atoms in total. The van der Waals surface area contributed by atoms with E-state index in [1.165, 1.54) is 0 Å². The number of likely N-dealkylation sites (N-methyl/N-ethyl adjacent to an activating group) is 1. The van der Waals surface area contributed by atoms with Crippen LogP contribution in [0.4, 0.5) is 13.6 Å². The number of nitrogens with one attached hydrogen (secondary N) is 2. The Morgan fingerprint density at radius 1 is 1.37 bits per heavy atom. The lowest BCUT2D eigenvalue weighted by Gasteiger charge is -2.35. The first-order valence-electron chi connectivity index (χ1n) is 8.31. The second-order valence-corrected chi connectivity index (χ2v) is 7.71. The SMILES string of the molecule is CNC1CCCC1ONC(=O)C1CC(F)(F)C2CN1C(=O)N2OS(=O)(=O)O. The number of amides is 3. The molecule has 2 bridgehead atoms. The fourth-order valence-corrected chi connectivity index (χ4v) is 4.06. The molecule has 3 rings (SSSR count). The van der Waals surface area contributed by atoms with E-state index in [2.05, 4.69) is 15.1 Å². The van der Waals surface area contributed by atoms with Gasteiger partial charge in [0.2, 0.25) is 0 Å². The molecule has 2 saturated heterocycles. The molecule has 3 N–H and O–H groups in total. The van der Waals surface area contributed by atoms with E-state index in [1.807, 2.05) is 0 Å². The van der Waals surface area contributed by atoms with Crippen LogP contribution in [0, 0.1) is 0 Å². The fraction of sp³-hybridized carbons (Fsp3) is 0.846. The first-order valence-corrected chi connectivity index (χ1v) is 9.67. The Labute approximate surface area is 153 Å². The topological polar surface area (TPSA) is 138 Å². The molecule has 3 amide bonds. The molecule has 3 aliphatic rings. The summed E-state index contributed by atoms with van der Waals surface area (Å²) in [5.74, 6) is -4.56. The van der Waals surface area contributed by atoms with Crippen molar-refractivity contribution in [3.8, 4) is 0 Å². The highest BCUT2D eigenvalue weighted by Crippen LogP contribution is 2.41. The maximum Gasteiger partial charge on any atom is 0.418 e. The van der Waals surface area contributed by atoms with Gasteiger partial charge in [-0.1, -0.05) is 0 Å². The van der Waals surface area contributed by atoms with Gasteiger partial charge in [0, 0.05) is 12.5 Å². The number of carbonyl (C=O) groups excluding carboxylic acids is 2. The summed E-state index contributed by atoms with van der Waals surface area (Å²) < 4.78 is 63.0. The van der Waals surface area contributed by atoms with Crippen molar-refractivity contribution in [1.29, 1.82) is 0 Å². The number of hydroxylamine groups is 3. The Morgan fingerprint density at radius 3 is 2.70 bits per heavy atom. The van der Waals surface area contributed by atoms with Crippen molar-refractivity contribution in [3.05, 3.63) is 0 Å². The Bertz CT molecular complexity index is 721. The van der Waals surface area contributed by atoms with Gasteiger partial charge in [0.15, 0.2) is 0 Å². The number of nitrogens with zero attached hydrogens (tertiary/aromatic N) is 2. The molecule has 1 aliphatic carbocycles. The number of fused-ring (bicyclic) bond motifs is 2. The average Bonchev–Trinajstić information content (AvgIpc) is 3.13. The third-order valence-electron chi connectivity index (χ3n) is 5.03. The summed E-state index contributed by atoms with van der Waals surface area (Å²) in [5, 5.41) is 2.91. The molecule has 0 aromatic rings. The quantitative estimate of drug-likeness (QED) is 0.388. The molecule has 1 saturated carbocycles. The summed E-state index contributed by atoms with van der Waals surface area (Å²) in [4.78, 5) is 30.6. The zero-order valence-corrected chi connectivity index (χ0v) is 15.1. The third kappa shape index (κ3) is 3.99. The monoisotopic (exact) mass is 414 g/mol. The van der Waals surface area contributed by atoms with Crippen LogP contribution in [0.5, 0.6) is 0 Å². The Balaban J connectivity index is 1.70. The van der Waals surface area contributed by atoms with Crippen LogP contribution >= 0.6 is 0 Å². The van der Waals surface area contributed by atoms with E-state index in [0.717, 1.165) is 17.7 Å². The van der Waals surface area contributed by atoms with Crippen molar-refractivity contribution in [2.75, 3.05) is 13.6 Å². The molecule has 0 aromatic heterocycles. The molecule has 0 spiro atoms. The molecule has 4 atom stereocenters. The summed E-state index contributed by atoms with van der Waals surface area (Å²) in [6, 6.07) is -4.77. The van der Waals surface area contributed by atoms with Gasteiger partial charge in [0.1, 0.15) is 18.2 Å². The van der Waals surface area contributed by atoms with Crippen LogP contribution in [0.2, 0.25) is 0 Å². The highest BCUT2D eigenvalue weighted by molar-refractivity contribution is 7.80. The van der Waals surface area contributed by atoms with Crippen molar-refractivity contribution in [2.24, 2.45) is 0 Å². The predicted molar refractivity (Wildman–Crippen MR) is 83.4 cm³/mol. The average molecular weight is 414 g/mol. The fourth-order valence-electron chi connectivity index (χ4n) is 3.69. The van der Waals surface area contributed by atoms with Crippen LogP contribution in [0.1, 0.15) is 25.7 Å². The molecule has 0 radical (unpaired) electrons. The minimum Gasteiger partial charge on any atom is -0.314 e. The normalized spacial score (nSPS) is 32.8. The molecule has 2 aliphatic heterocycles. The lowest BCUT2D eigenvalue weighted by atomic mass is 9.96. The van der Waals surface area contributed by atoms with E-state index in [1.54, 1.807) is 7.05 Å². The first-order chi connectivity index (χ1) is 12.5. The number of halogens is 2. The molecular formula is C13H20F2N4O7S. The van der Waals surface area contributed by atoms with Crippen LogP contribution in [0.25, 0.3) is 0 Å². The highest BCUT2D eigenvalue weighted by Gasteiger charge is 2.62. The second kappa shape index (κ2) is 7.09. The van der Waals surface area contributed by atoms with Crippen LogP contribution in [-0.4, -0.2) is 78.6 Å². The van der Waals surface area contributed by atoms with Gasteiger partial charge in [0.25, 0.3) is 11.8 Å². The summed E-state index contributed by atoms with van der Waals surface area (Å²) in [5.41, 5.74) is 2.13.